The van der Waals surface area contributed by atoms with Crippen molar-refractivity contribution in [3.05, 3.63) is 72.1 Å². The Morgan fingerprint density at radius 2 is 2.12 bits per heavy atom. The van der Waals surface area contributed by atoms with Crippen LogP contribution in [0.3, 0.4) is 0 Å². The summed E-state index contributed by atoms with van der Waals surface area (Å²) in [6.07, 6.45) is 8.14. The average Bonchev–Trinajstić information content (AvgIpc) is 2.79. The number of carboxylic acids is 1. The molecular weight excluding hydrogens is 424 g/mol. The van der Waals surface area contributed by atoms with Crippen LogP contribution in [0.2, 0.25) is 0 Å². The molecule has 0 bridgehead atoms. The van der Waals surface area contributed by atoms with Crippen molar-refractivity contribution >= 4 is 17.7 Å². The molecule has 0 spiro atoms. The van der Waals surface area contributed by atoms with E-state index in [9.17, 15) is 10.1 Å². The number of thioether (sulfide) groups is 1. The van der Waals surface area contributed by atoms with Crippen molar-refractivity contribution in [2.45, 2.75) is 55.1 Å². The highest BCUT2D eigenvalue weighted by molar-refractivity contribution is 8.00. The Morgan fingerprint density at radius 3 is 2.84 bits per heavy atom. The van der Waals surface area contributed by atoms with E-state index in [4.69, 9.17) is 14.6 Å². The zero-order valence-corrected chi connectivity index (χ0v) is 19.1. The van der Waals surface area contributed by atoms with E-state index >= 15 is 0 Å². The molecule has 1 saturated heterocycles. The molecule has 0 saturated carbocycles. The van der Waals surface area contributed by atoms with Crippen LogP contribution in [0.25, 0.3) is 0 Å². The van der Waals surface area contributed by atoms with Crippen molar-refractivity contribution in [3.63, 3.8) is 0 Å². The first-order chi connectivity index (χ1) is 15.4. The molecule has 1 aromatic heterocycles. The van der Waals surface area contributed by atoms with Gasteiger partial charge < -0.3 is 14.6 Å². The van der Waals surface area contributed by atoms with Crippen molar-refractivity contribution in [1.82, 2.24) is 4.98 Å². The van der Waals surface area contributed by atoms with Crippen LogP contribution in [-0.4, -0.2) is 33.7 Å². The Labute approximate surface area is 193 Å². The number of nitrogens with zero attached hydrogens (tertiary/aromatic N) is 2. The third-order valence-electron chi connectivity index (χ3n) is 5.25. The first-order valence-corrected chi connectivity index (χ1v) is 11.4. The monoisotopic (exact) mass is 452 g/mol. The van der Waals surface area contributed by atoms with E-state index < -0.39 is 17.0 Å². The molecular formula is C25H28N2O4S. The van der Waals surface area contributed by atoms with Crippen LogP contribution >= 0.6 is 11.8 Å². The van der Waals surface area contributed by atoms with Crippen LogP contribution in [0.1, 0.15) is 50.3 Å². The molecule has 3 atom stereocenters. The Hall–Kier alpha value is -2.66. The van der Waals surface area contributed by atoms with Gasteiger partial charge in [0.2, 0.25) is 0 Å². The van der Waals surface area contributed by atoms with Crippen LogP contribution in [0.15, 0.2) is 65.8 Å². The highest BCUT2D eigenvalue weighted by Crippen LogP contribution is 2.44. The summed E-state index contributed by atoms with van der Waals surface area (Å²) in [6, 6.07) is 13.7. The number of pyridine rings is 1. The average molecular weight is 453 g/mol. The molecule has 7 heteroatoms. The zero-order chi connectivity index (χ0) is 23.0. The SMILES string of the molecule is CC(C)(Sc1ccccc1C#N)[C@@H]1OC[C@H](C/C=C\CCC(=O)O)[C@H](c2cccnc2)O1. The van der Waals surface area contributed by atoms with Gasteiger partial charge in [-0.2, -0.15) is 5.26 Å². The lowest BCUT2D eigenvalue weighted by Gasteiger charge is -2.42. The van der Waals surface area contributed by atoms with Gasteiger partial charge in [-0.05, 0) is 50.5 Å². The summed E-state index contributed by atoms with van der Waals surface area (Å²) < 4.78 is 12.2. The molecule has 0 aliphatic carbocycles. The minimum atomic E-state index is -0.798. The van der Waals surface area contributed by atoms with Gasteiger partial charge in [0.15, 0.2) is 6.29 Å². The van der Waals surface area contributed by atoms with Crippen LogP contribution in [0.5, 0.6) is 0 Å². The molecule has 0 unspecified atom stereocenters. The number of rotatable bonds is 9. The third-order valence-corrected chi connectivity index (χ3v) is 6.55. The topological polar surface area (TPSA) is 92.4 Å². The number of hydrogen-bond donors (Lipinski definition) is 1. The number of carbonyl (C=O) groups is 1. The van der Waals surface area contributed by atoms with Gasteiger partial charge in [0.05, 0.1) is 23.0 Å². The molecule has 1 aliphatic heterocycles. The Morgan fingerprint density at radius 1 is 1.31 bits per heavy atom. The van der Waals surface area contributed by atoms with Crippen LogP contribution in [-0.2, 0) is 14.3 Å². The van der Waals surface area contributed by atoms with Gasteiger partial charge in [0.25, 0.3) is 0 Å². The maximum absolute atomic E-state index is 10.7. The summed E-state index contributed by atoms with van der Waals surface area (Å²) in [7, 11) is 0. The van der Waals surface area contributed by atoms with Gasteiger partial charge >= 0.3 is 5.97 Å². The molecule has 1 aliphatic rings. The van der Waals surface area contributed by atoms with E-state index in [1.54, 1.807) is 18.0 Å². The number of aromatic nitrogens is 1. The van der Waals surface area contributed by atoms with E-state index in [2.05, 4.69) is 24.9 Å². The molecule has 2 aromatic rings. The van der Waals surface area contributed by atoms with E-state index in [1.165, 1.54) is 0 Å². The van der Waals surface area contributed by atoms with Crippen molar-refractivity contribution in [2.24, 2.45) is 5.92 Å². The molecule has 1 aromatic carbocycles. The predicted octanol–water partition coefficient (Wildman–Crippen LogP) is 5.37. The van der Waals surface area contributed by atoms with Crippen LogP contribution in [0.4, 0.5) is 0 Å². The van der Waals surface area contributed by atoms with E-state index in [1.807, 2.05) is 54.7 Å². The number of hydrogen-bond acceptors (Lipinski definition) is 6. The molecule has 2 heterocycles. The first kappa shape index (κ1) is 24.0. The summed E-state index contributed by atoms with van der Waals surface area (Å²) in [5, 5.41) is 18.2. The molecule has 0 radical (unpaired) electrons. The second kappa shape index (κ2) is 11.3. The molecule has 3 rings (SSSR count). The Kier molecular flexibility index (Phi) is 8.46. The van der Waals surface area contributed by atoms with Crippen molar-refractivity contribution in [3.8, 4) is 6.07 Å². The largest absolute Gasteiger partial charge is 0.481 e. The first-order valence-electron chi connectivity index (χ1n) is 10.6. The number of allylic oxidation sites excluding steroid dienone is 2. The smallest absolute Gasteiger partial charge is 0.303 e. The molecule has 32 heavy (non-hydrogen) atoms. The number of aliphatic carboxylic acids is 1. The molecule has 0 amide bonds. The quantitative estimate of drug-likeness (QED) is 0.404. The van der Waals surface area contributed by atoms with Crippen molar-refractivity contribution in [1.29, 1.82) is 5.26 Å². The van der Waals surface area contributed by atoms with Gasteiger partial charge in [-0.15, -0.1) is 11.8 Å². The van der Waals surface area contributed by atoms with Gasteiger partial charge in [-0.25, -0.2) is 0 Å². The third kappa shape index (κ3) is 6.42. The lowest BCUT2D eigenvalue weighted by atomic mass is 9.92. The number of nitriles is 1. The van der Waals surface area contributed by atoms with Gasteiger partial charge in [-0.3, -0.25) is 9.78 Å². The fraction of sp³-hybridized carbons (Fsp3) is 0.400. The van der Waals surface area contributed by atoms with Gasteiger partial charge in [0, 0.05) is 29.6 Å². The number of benzene rings is 1. The minimum absolute atomic E-state index is 0.0868. The maximum Gasteiger partial charge on any atom is 0.303 e. The summed E-state index contributed by atoms with van der Waals surface area (Å²) in [6.45, 7) is 4.63. The van der Waals surface area contributed by atoms with Crippen molar-refractivity contribution in [2.75, 3.05) is 6.61 Å². The standard InChI is InChI=1S/C25H28N2O4S/c1-25(2,32-21-12-7-6-9-18(21)15-26)24-30-17-20(10-4-3-5-13-22(28)29)23(31-24)19-11-8-14-27-16-19/h3-4,6-9,11-12,14,16,20,23-24H,5,10,13,17H2,1-2H3,(H,28,29)/b4-3-/t20-,23-,24+/m0/s1. The van der Waals surface area contributed by atoms with Crippen LogP contribution < -0.4 is 0 Å². The highest BCUT2D eigenvalue weighted by atomic mass is 32.2. The van der Waals surface area contributed by atoms with Gasteiger partial charge in [-0.1, -0.05) is 30.4 Å². The van der Waals surface area contributed by atoms with E-state index in [0.29, 0.717) is 18.6 Å². The number of ether oxygens (including phenoxy) is 2. The second-order valence-corrected chi connectivity index (χ2v) is 9.92. The van der Waals surface area contributed by atoms with E-state index in [0.717, 1.165) is 16.9 Å². The predicted molar refractivity (Wildman–Crippen MR) is 123 cm³/mol. The Balaban J connectivity index is 1.74. The maximum atomic E-state index is 10.7. The molecule has 1 N–H and O–H groups in total. The second-order valence-electron chi connectivity index (χ2n) is 8.22. The van der Waals surface area contributed by atoms with Crippen molar-refractivity contribution < 1.29 is 19.4 Å². The summed E-state index contributed by atoms with van der Waals surface area (Å²) in [4.78, 5) is 15.9. The fourth-order valence-corrected chi connectivity index (χ4v) is 4.77. The fourth-order valence-electron chi connectivity index (χ4n) is 3.61. The van der Waals surface area contributed by atoms with E-state index in [-0.39, 0.29) is 18.4 Å². The molecule has 6 nitrogen and oxygen atoms in total. The molecule has 1 fully saturated rings. The highest BCUT2D eigenvalue weighted by Gasteiger charge is 2.41. The normalized spacial score (nSPS) is 21.3. The molecule has 168 valence electrons. The summed E-state index contributed by atoms with van der Waals surface area (Å²) in [5.74, 6) is -0.712. The Bertz CT molecular complexity index is 971. The zero-order valence-electron chi connectivity index (χ0n) is 18.3. The van der Waals surface area contributed by atoms with Crippen LogP contribution in [0, 0.1) is 17.2 Å². The number of carboxylic acid groups (broad SMARTS) is 1. The lowest BCUT2D eigenvalue weighted by Crippen LogP contribution is -2.45. The lowest BCUT2D eigenvalue weighted by molar-refractivity contribution is -0.248. The summed E-state index contributed by atoms with van der Waals surface area (Å²) >= 11 is 1.57. The summed E-state index contributed by atoms with van der Waals surface area (Å²) in [5.41, 5.74) is 1.62. The van der Waals surface area contributed by atoms with Gasteiger partial charge in [0.1, 0.15) is 6.07 Å². The minimum Gasteiger partial charge on any atom is -0.481 e.